The smallest absolute Gasteiger partial charge is 0.261 e. The highest BCUT2D eigenvalue weighted by atomic mass is 16.2. The van der Waals surface area contributed by atoms with E-state index in [1.165, 1.54) is 9.80 Å². The number of carbonyl (C=O) groups excluding carboxylic acids is 5. The van der Waals surface area contributed by atoms with Crippen molar-refractivity contribution in [1.29, 1.82) is 0 Å². The second kappa shape index (κ2) is 13.9. The molecule has 0 fully saturated rings. The van der Waals surface area contributed by atoms with Crippen LogP contribution in [0.25, 0.3) is 32.9 Å². The van der Waals surface area contributed by atoms with Crippen LogP contribution in [-0.4, -0.2) is 109 Å². The lowest BCUT2D eigenvalue weighted by Crippen LogP contribution is -2.47. The Morgan fingerprint density at radius 2 is 1.19 bits per heavy atom. The summed E-state index contributed by atoms with van der Waals surface area (Å²) >= 11 is 0. The Kier molecular flexibility index (Phi) is 8.82. The van der Waals surface area contributed by atoms with Gasteiger partial charge in [0.25, 0.3) is 23.6 Å². The molecular weight excluding hydrogens is 674 g/mol. The fourth-order valence-corrected chi connectivity index (χ4v) is 7.23. The number of rotatable bonds is 13. The molecule has 3 N–H and O–H groups in total. The normalized spacial score (nSPS) is 13.8. The van der Waals surface area contributed by atoms with Crippen molar-refractivity contribution in [2.75, 3.05) is 45.8 Å². The first-order valence-electron chi connectivity index (χ1n) is 17.3. The van der Waals surface area contributed by atoms with Crippen LogP contribution in [0.15, 0.2) is 98.1 Å². The van der Waals surface area contributed by atoms with Crippen molar-refractivity contribution in [2.45, 2.75) is 6.42 Å². The molecule has 2 aliphatic rings. The summed E-state index contributed by atoms with van der Waals surface area (Å²) in [7, 11) is 0. The largest absolute Gasteiger partial charge is 0.340 e. The lowest BCUT2D eigenvalue weighted by molar-refractivity contribution is -0.129. The Bertz CT molecular complexity index is 2420. The first-order valence-corrected chi connectivity index (χ1v) is 17.3. The third kappa shape index (κ3) is 6.03. The standard InChI is InChI=1S/C39H35N9O5/c40-22-33(49)44(16-17-48-37(51)30-7-2-5-26-19-28(46-14-10-43-24-46)21-32(35(26)30)39(48)53)12-3-8-41-11-15-47-36(50)29-6-1-4-25-18-27(45-13-9-42-23-45)20-31(34(25)29)38(47)52/h1-2,4-7,9-10,13-14,18-21,23-24,41H,3,8,11-12,15-17,22,40H2. The van der Waals surface area contributed by atoms with Crippen LogP contribution in [0.3, 0.4) is 0 Å². The van der Waals surface area contributed by atoms with Gasteiger partial charge >= 0.3 is 0 Å². The number of amides is 5. The summed E-state index contributed by atoms with van der Waals surface area (Å²) in [4.78, 5) is 79.5. The molecule has 5 amide bonds. The predicted octanol–water partition coefficient (Wildman–Crippen LogP) is 3.02. The molecule has 14 nitrogen and oxygen atoms in total. The zero-order chi connectivity index (χ0) is 36.6. The molecule has 53 heavy (non-hydrogen) atoms. The van der Waals surface area contributed by atoms with Crippen molar-refractivity contribution < 1.29 is 24.0 Å². The lowest BCUT2D eigenvalue weighted by Gasteiger charge is -2.30. The number of aromatic nitrogens is 4. The number of benzene rings is 4. The number of carbonyl (C=O) groups is 5. The molecule has 2 aliphatic heterocycles. The van der Waals surface area contributed by atoms with E-state index in [2.05, 4.69) is 15.3 Å². The van der Waals surface area contributed by atoms with Gasteiger partial charge in [0.2, 0.25) is 5.91 Å². The Balaban J connectivity index is 0.886. The minimum atomic E-state index is -0.430. The summed E-state index contributed by atoms with van der Waals surface area (Å²) in [6.45, 7) is 1.20. The molecule has 4 heterocycles. The second-order valence-electron chi connectivity index (χ2n) is 12.9. The van der Waals surface area contributed by atoms with E-state index in [9.17, 15) is 24.0 Å². The zero-order valence-electron chi connectivity index (χ0n) is 28.6. The number of nitrogens with two attached hydrogens (primary N) is 1. The van der Waals surface area contributed by atoms with Crippen molar-refractivity contribution in [2.24, 2.45) is 5.73 Å². The monoisotopic (exact) mass is 709 g/mol. The van der Waals surface area contributed by atoms with Gasteiger partial charge in [0.1, 0.15) is 0 Å². The van der Waals surface area contributed by atoms with Crippen LogP contribution >= 0.6 is 0 Å². The minimum absolute atomic E-state index is 0.00205. The van der Waals surface area contributed by atoms with Gasteiger partial charge in [-0.1, -0.05) is 24.3 Å². The second-order valence-corrected chi connectivity index (χ2v) is 12.9. The first-order chi connectivity index (χ1) is 25.8. The van der Waals surface area contributed by atoms with E-state index in [0.29, 0.717) is 59.1 Å². The molecule has 0 saturated heterocycles. The Morgan fingerprint density at radius 1 is 0.660 bits per heavy atom. The van der Waals surface area contributed by atoms with Crippen molar-refractivity contribution in [1.82, 2.24) is 39.1 Å². The van der Waals surface area contributed by atoms with Crippen molar-refractivity contribution >= 4 is 51.1 Å². The first kappa shape index (κ1) is 33.6. The Hall–Kier alpha value is -6.51. The molecule has 0 saturated carbocycles. The van der Waals surface area contributed by atoms with Crippen LogP contribution in [0.5, 0.6) is 0 Å². The van der Waals surface area contributed by atoms with Gasteiger partial charge < -0.3 is 25.1 Å². The van der Waals surface area contributed by atoms with E-state index in [-0.39, 0.29) is 43.9 Å². The highest BCUT2D eigenvalue weighted by Crippen LogP contribution is 2.34. The van der Waals surface area contributed by atoms with Crippen molar-refractivity contribution in [3.63, 3.8) is 0 Å². The maximum atomic E-state index is 13.8. The maximum absolute atomic E-state index is 13.8. The molecule has 8 rings (SSSR count). The number of hydrogen-bond donors (Lipinski definition) is 2. The summed E-state index contributed by atoms with van der Waals surface area (Å²) in [5.41, 5.74) is 9.03. The molecule has 6 aromatic rings. The number of hydrogen-bond acceptors (Lipinski definition) is 9. The van der Waals surface area contributed by atoms with Gasteiger partial charge in [-0.15, -0.1) is 0 Å². The molecule has 0 atom stereocenters. The van der Waals surface area contributed by atoms with Crippen LogP contribution in [0.2, 0.25) is 0 Å². The van der Waals surface area contributed by atoms with Crippen LogP contribution in [0.1, 0.15) is 47.9 Å². The highest BCUT2D eigenvalue weighted by Gasteiger charge is 2.35. The van der Waals surface area contributed by atoms with E-state index < -0.39 is 11.8 Å². The third-order valence-electron chi connectivity index (χ3n) is 9.85. The topological polar surface area (TPSA) is 169 Å². The van der Waals surface area contributed by atoms with E-state index >= 15 is 0 Å². The fourth-order valence-electron chi connectivity index (χ4n) is 7.23. The molecular formula is C39H35N9O5. The van der Waals surface area contributed by atoms with E-state index in [1.807, 2.05) is 34.9 Å². The maximum Gasteiger partial charge on any atom is 0.261 e. The zero-order valence-corrected chi connectivity index (χ0v) is 28.6. The van der Waals surface area contributed by atoms with E-state index in [0.717, 1.165) is 22.1 Å². The molecule has 0 unspecified atom stereocenters. The molecule has 2 aromatic heterocycles. The third-order valence-corrected chi connectivity index (χ3v) is 9.85. The summed E-state index contributed by atoms with van der Waals surface area (Å²) in [6, 6.07) is 18.2. The van der Waals surface area contributed by atoms with Gasteiger partial charge in [-0.3, -0.25) is 33.8 Å². The SMILES string of the molecule is NCC(=O)N(CCCNCCN1C(=O)c2cccc3cc(-n4ccnc4)cc(c23)C1=O)CCN1C(=O)c2cccc3cc(-n4ccnc4)cc(c23)C1=O. The number of imidazole rings is 2. The van der Waals surface area contributed by atoms with E-state index in [1.54, 1.807) is 77.2 Å². The summed E-state index contributed by atoms with van der Waals surface area (Å²) < 4.78 is 3.62. The highest BCUT2D eigenvalue weighted by molar-refractivity contribution is 6.26. The molecule has 14 heteroatoms. The van der Waals surface area contributed by atoms with E-state index in [4.69, 9.17) is 5.73 Å². The molecule has 4 aromatic carbocycles. The molecule has 266 valence electrons. The predicted molar refractivity (Wildman–Crippen MR) is 196 cm³/mol. The molecule has 0 bridgehead atoms. The molecule has 0 aliphatic carbocycles. The van der Waals surface area contributed by atoms with Crippen molar-refractivity contribution in [3.8, 4) is 11.4 Å². The van der Waals surface area contributed by atoms with Crippen LogP contribution in [0.4, 0.5) is 0 Å². The van der Waals surface area contributed by atoms with Gasteiger partial charge in [-0.2, -0.15) is 0 Å². The summed E-state index contributed by atoms with van der Waals surface area (Å²) in [5.74, 6) is -1.85. The summed E-state index contributed by atoms with van der Waals surface area (Å²) in [5, 5.41) is 6.10. The lowest BCUT2D eigenvalue weighted by atomic mass is 9.93. The van der Waals surface area contributed by atoms with Crippen LogP contribution < -0.4 is 11.1 Å². The van der Waals surface area contributed by atoms with Gasteiger partial charge in [0.05, 0.1) is 30.3 Å². The fraction of sp³-hybridized carbons (Fsp3) is 0.205. The Morgan fingerprint density at radius 3 is 1.70 bits per heavy atom. The minimum Gasteiger partial charge on any atom is -0.340 e. The molecule has 0 spiro atoms. The molecule has 0 radical (unpaired) electrons. The van der Waals surface area contributed by atoms with Gasteiger partial charge in [-0.05, 0) is 60.1 Å². The van der Waals surface area contributed by atoms with Gasteiger partial charge in [-0.25, -0.2) is 9.97 Å². The van der Waals surface area contributed by atoms with Gasteiger partial charge in [0, 0.05) is 90.8 Å². The average Bonchev–Trinajstić information content (AvgIpc) is 3.93. The average molecular weight is 710 g/mol. The Labute approximate surface area is 303 Å². The summed E-state index contributed by atoms with van der Waals surface area (Å²) in [6.07, 6.45) is 10.7. The number of nitrogens with zero attached hydrogens (tertiary/aromatic N) is 7. The van der Waals surface area contributed by atoms with Crippen LogP contribution in [0, 0.1) is 0 Å². The number of imide groups is 2. The van der Waals surface area contributed by atoms with Crippen molar-refractivity contribution in [3.05, 3.63) is 120 Å². The van der Waals surface area contributed by atoms with Crippen LogP contribution in [-0.2, 0) is 4.79 Å². The number of nitrogens with one attached hydrogen (secondary N) is 1. The van der Waals surface area contributed by atoms with Gasteiger partial charge in [0.15, 0.2) is 0 Å². The quantitative estimate of drug-likeness (QED) is 0.135.